The Bertz CT molecular complexity index is 2290. The summed E-state index contributed by atoms with van der Waals surface area (Å²) in [5.41, 5.74) is 4.97. The first kappa shape index (κ1) is 31.7. The molecule has 0 bridgehead atoms. The average Bonchev–Trinajstić information content (AvgIpc) is 3.71. The first-order valence-corrected chi connectivity index (χ1v) is 16.8. The van der Waals surface area contributed by atoms with E-state index in [4.69, 9.17) is 23.7 Å². The minimum absolute atomic E-state index is 0.127. The Morgan fingerprint density at radius 3 is 2.31 bits per heavy atom. The highest BCUT2D eigenvalue weighted by atomic mass is 32.1. The van der Waals surface area contributed by atoms with Crippen LogP contribution in [-0.4, -0.2) is 36.2 Å². The van der Waals surface area contributed by atoms with E-state index < -0.39 is 18.3 Å². The summed E-state index contributed by atoms with van der Waals surface area (Å²) < 4.78 is 20.1. The molecule has 6 aromatic rings. The largest absolute Gasteiger partial charge is 0.494 e. The van der Waals surface area contributed by atoms with Crippen molar-refractivity contribution in [2.75, 3.05) is 0 Å². The molecule has 1 N–H and O–H groups in total. The number of fused-ring (bicyclic) bond motifs is 4. The molecule has 2 aromatic heterocycles. The van der Waals surface area contributed by atoms with Gasteiger partial charge in [0.05, 0.1) is 11.2 Å². The summed E-state index contributed by atoms with van der Waals surface area (Å²) in [6, 6.07) is 30.0. The van der Waals surface area contributed by atoms with Crippen LogP contribution in [-0.2, 0) is 9.31 Å². The number of rotatable bonds is 6. The summed E-state index contributed by atoms with van der Waals surface area (Å²) in [6.07, 6.45) is 5.60. The molecule has 0 radical (unpaired) electrons. The number of hydrogen-bond donors (Lipinski definition) is 1. The van der Waals surface area contributed by atoms with Crippen LogP contribution >= 0.6 is 11.3 Å². The fourth-order valence-electron chi connectivity index (χ4n) is 6.00. The zero-order valence-electron chi connectivity index (χ0n) is 27.7. The molecule has 8 heteroatoms. The minimum Gasteiger partial charge on any atom is -0.456 e. The van der Waals surface area contributed by atoms with Crippen molar-refractivity contribution < 1.29 is 13.7 Å². The maximum absolute atomic E-state index is 9.17. The number of benzene rings is 4. The number of hydrogen-bond acceptors (Lipinski definition) is 5. The van der Waals surface area contributed by atoms with Crippen LogP contribution in [0.15, 0.2) is 118 Å². The molecule has 1 aliphatic heterocycles. The van der Waals surface area contributed by atoms with Gasteiger partial charge in [0.25, 0.3) is 0 Å². The number of nitrogens with zero attached hydrogens (tertiary/aromatic N) is 2. The van der Waals surface area contributed by atoms with Crippen LogP contribution < -0.4 is 5.46 Å². The van der Waals surface area contributed by atoms with Crippen molar-refractivity contribution >= 4 is 85.5 Å². The highest BCUT2D eigenvalue weighted by molar-refractivity contribution is 7.20. The molecule has 1 fully saturated rings. The number of amidine groups is 2. The third-order valence-corrected chi connectivity index (χ3v) is 10.5. The quantitative estimate of drug-likeness (QED) is 0.111. The lowest BCUT2D eigenvalue weighted by molar-refractivity contribution is 0.00578. The van der Waals surface area contributed by atoms with Gasteiger partial charge in [0, 0.05) is 54.2 Å². The van der Waals surface area contributed by atoms with Gasteiger partial charge < -0.3 is 13.7 Å². The van der Waals surface area contributed by atoms with Crippen molar-refractivity contribution in [3.05, 3.63) is 125 Å². The highest BCUT2D eigenvalue weighted by Crippen LogP contribution is 2.39. The van der Waals surface area contributed by atoms with Crippen molar-refractivity contribution in [2.45, 2.75) is 45.8 Å². The van der Waals surface area contributed by atoms with Crippen molar-refractivity contribution in [1.29, 1.82) is 5.41 Å². The lowest BCUT2D eigenvalue weighted by Gasteiger charge is -2.32. The molecular formula is C40H36BN3O3S. The van der Waals surface area contributed by atoms with Crippen LogP contribution in [0.3, 0.4) is 0 Å². The van der Waals surface area contributed by atoms with Crippen LogP contribution in [0.1, 0.15) is 56.2 Å². The highest BCUT2D eigenvalue weighted by Gasteiger charge is 2.51. The number of thiophene rings is 1. The summed E-state index contributed by atoms with van der Waals surface area (Å²) in [4.78, 5) is 10.7. The van der Waals surface area contributed by atoms with E-state index in [0.29, 0.717) is 5.84 Å². The molecule has 0 unspecified atom stereocenters. The van der Waals surface area contributed by atoms with E-state index in [2.05, 4.69) is 52.5 Å². The maximum Gasteiger partial charge on any atom is 0.494 e. The predicted octanol–water partition coefficient (Wildman–Crippen LogP) is 9.69. The van der Waals surface area contributed by atoms with Crippen molar-refractivity contribution in [3.63, 3.8) is 0 Å². The van der Waals surface area contributed by atoms with Crippen LogP contribution in [0, 0.1) is 5.41 Å². The molecular weight excluding hydrogens is 613 g/mol. The van der Waals surface area contributed by atoms with E-state index in [1.165, 1.54) is 0 Å². The number of allylic oxidation sites excluding steroid dienone is 1. The molecule has 4 aromatic carbocycles. The Hall–Kier alpha value is -4.89. The van der Waals surface area contributed by atoms with Gasteiger partial charge in [-0.2, -0.15) is 0 Å². The molecule has 0 aliphatic carbocycles. The Morgan fingerprint density at radius 2 is 1.58 bits per heavy atom. The lowest BCUT2D eigenvalue weighted by Crippen LogP contribution is -2.41. The van der Waals surface area contributed by atoms with E-state index in [-0.39, 0.29) is 5.84 Å². The zero-order chi connectivity index (χ0) is 33.6. The molecule has 6 nitrogen and oxygen atoms in total. The number of nitrogens with one attached hydrogen (secondary N) is 1. The summed E-state index contributed by atoms with van der Waals surface area (Å²) in [5.74, 6) is 0.561. The second-order valence-electron chi connectivity index (χ2n) is 12.8. The second-order valence-corrected chi connectivity index (χ2v) is 13.9. The number of furan rings is 1. The Kier molecular flexibility index (Phi) is 8.12. The van der Waals surface area contributed by atoms with Gasteiger partial charge >= 0.3 is 7.12 Å². The summed E-state index contributed by atoms with van der Waals surface area (Å²) in [5, 5.41) is 12.2. The van der Waals surface area contributed by atoms with E-state index in [9.17, 15) is 5.41 Å². The van der Waals surface area contributed by atoms with Gasteiger partial charge in [-0.3, -0.25) is 5.41 Å². The summed E-state index contributed by atoms with van der Waals surface area (Å²) >= 11 is 1.64. The van der Waals surface area contributed by atoms with Gasteiger partial charge in [0.2, 0.25) is 0 Å². The monoisotopic (exact) mass is 649 g/mol. The molecule has 1 aliphatic rings. The van der Waals surface area contributed by atoms with Crippen molar-refractivity contribution in [2.24, 2.45) is 9.98 Å². The zero-order valence-corrected chi connectivity index (χ0v) is 28.5. The molecule has 48 heavy (non-hydrogen) atoms. The van der Waals surface area contributed by atoms with Gasteiger partial charge in [-0.05, 0) is 58.3 Å². The molecule has 0 atom stereocenters. The molecule has 0 amide bonds. The minimum atomic E-state index is -0.489. The second kappa shape index (κ2) is 12.3. The van der Waals surface area contributed by atoms with Crippen LogP contribution in [0.5, 0.6) is 0 Å². The van der Waals surface area contributed by atoms with Crippen LogP contribution in [0.4, 0.5) is 0 Å². The van der Waals surface area contributed by atoms with E-state index in [0.717, 1.165) is 64.6 Å². The van der Waals surface area contributed by atoms with Gasteiger partial charge in [-0.25, -0.2) is 9.98 Å². The van der Waals surface area contributed by atoms with Gasteiger partial charge in [0.1, 0.15) is 11.2 Å². The van der Waals surface area contributed by atoms with Crippen LogP contribution in [0.2, 0.25) is 0 Å². The van der Waals surface area contributed by atoms with Crippen LogP contribution in [0.25, 0.3) is 43.7 Å². The van der Waals surface area contributed by atoms with Crippen molar-refractivity contribution in [3.8, 4) is 0 Å². The van der Waals surface area contributed by atoms with E-state index in [1.54, 1.807) is 11.3 Å². The summed E-state index contributed by atoms with van der Waals surface area (Å²) in [7, 11) is -0.489. The van der Waals surface area contributed by atoms with E-state index >= 15 is 0 Å². The van der Waals surface area contributed by atoms with Crippen molar-refractivity contribution in [1.82, 2.24) is 0 Å². The fourth-order valence-corrected chi connectivity index (χ4v) is 7.28. The normalized spacial score (nSPS) is 16.5. The lowest BCUT2D eigenvalue weighted by atomic mass is 9.78. The van der Waals surface area contributed by atoms with Gasteiger partial charge in [0.15, 0.2) is 11.7 Å². The molecule has 1 saturated heterocycles. The Morgan fingerprint density at radius 1 is 0.854 bits per heavy atom. The molecule has 238 valence electrons. The Balaban J connectivity index is 1.29. The third-order valence-electron chi connectivity index (χ3n) is 9.28. The first-order valence-electron chi connectivity index (χ1n) is 16.0. The standard InChI is InChI=1S/C40H36BN3O3S/c1-7-28-30-18-12-13-20-34(30)48-36(28)29(8-2)37(42)44-38(25-15-10-9-11-16-25)43-24-26-17-14-19-33-35(26)31-23-27(21-22-32(31)45-33)41-46-39(3,4)40(5,6)47-41/h7-24,42H,1H2,2-6H3/b29-8+,42-37?,43-24?,44-38?. The maximum atomic E-state index is 9.17. The fraction of sp³-hybridized carbons (Fsp3) is 0.175. The molecule has 0 spiro atoms. The SMILES string of the molecule is C=Cc1c(/C(=C\C)C(=N)N=C(N=Cc2cccc3oc4ccc(B5OC(C)(C)C(C)(C)O5)cc4c23)c2ccccc2)sc2ccccc12. The average molecular weight is 650 g/mol. The first-order chi connectivity index (χ1) is 23.1. The van der Waals surface area contributed by atoms with E-state index in [1.807, 2.05) is 98.1 Å². The topological polar surface area (TPSA) is 80.2 Å². The smallest absolute Gasteiger partial charge is 0.456 e. The predicted molar refractivity (Wildman–Crippen MR) is 203 cm³/mol. The number of aliphatic imine (C=N–C) groups is 2. The Labute approximate surface area is 284 Å². The molecule has 7 rings (SSSR count). The van der Waals surface area contributed by atoms with Gasteiger partial charge in [-0.1, -0.05) is 91.5 Å². The molecule has 0 saturated carbocycles. The summed E-state index contributed by atoms with van der Waals surface area (Å²) in [6.45, 7) is 14.2. The molecule has 3 heterocycles. The third kappa shape index (κ3) is 5.56. The van der Waals surface area contributed by atoms with Gasteiger partial charge in [-0.15, -0.1) is 11.3 Å².